The number of ether oxygens (including phenoxy) is 2. The van der Waals surface area contributed by atoms with Gasteiger partial charge in [0.15, 0.2) is 0 Å². The van der Waals surface area contributed by atoms with Gasteiger partial charge in [-0.3, -0.25) is 14.4 Å². The fraction of sp³-hybridized carbons (Fsp3) is 0.878. The maximum absolute atomic E-state index is 12.9. The molecule has 2 aliphatic heterocycles. The van der Waals surface area contributed by atoms with Crippen molar-refractivity contribution < 1.29 is 44.3 Å². The quantitative estimate of drug-likeness (QED) is 0.0633. The lowest BCUT2D eigenvalue weighted by molar-refractivity contribution is -0.172. The zero-order valence-corrected chi connectivity index (χ0v) is 32.9. The van der Waals surface area contributed by atoms with Crippen molar-refractivity contribution in [3.05, 3.63) is 12.2 Å². The van der Waals surface area contributed by atoms with Gasteiger partial charge in [0.05, 0.1) is 48.1 Å². The number of Topliss-reactive ketones (excluding diaryl/α,β-unsaturated/α-hetero) is 2. The largest absolute Gasteiger partial charge is 0.481 e. The zero-order valence-electron chi connectivity index (χ0n) is 32.9. The number of allylic oxidation sites excluding steroid dienone is 1. The Morgan fingerprint density at radius 1 is 0.800 bits per heavy atom. The topological polar surface area (TPSA) is 151 Å². The van der Waals surface area contributed by atoms with Crippen LogP contribution in [0.1, 0.15) is 146 Å². The summed E-state index contributed by atoms with van der Waals surface area (Å²) in [5.74, 6) is -0.948. The number of hydrogen-bond donors (Lipinski definition) is 4. The number of aliphatic carboxylic acids is 1. The van der Waals surface area contributed by atoms with Crippen molar-refractivity contribution in [2.75, 3.05) is 0 Å². The SMILES string of the molecule is CC(CCC(=O)O)CC(C)CC(C)C(=O)CC(=O)C(C)CC(C)C/C=C\C(C)C(O)C(C)C(O)CC1CCC(C)(C2CCC(C)(C(C)O)O2)O1. The summed E-state index contributed by atoms with van der Waals surface area (Å²) in [6.07, 6.45) is 9.30. The van der Waals surface area contributed by atoms with E-state index in [1.54, 1.807) is 6.92 Å². The van der Waals surface area contributed by atoms with E-state index in [1.165, 1.54) is 0 Å². The molecule has 0 aromatic heterocycles. The van der Waals surface area contributed by atoms with Crippen LogP contribution in [0, 0.1) is 41.4 Å². The molecule has 14 unspecified atom stereocenters. The molecule has 4 N–H and O–H groups in total. The molecule has 0 aromatic carbocycles. The molecule has 290 valence electrons. The Bertz CT molecular complexity index is 1110. The second kappa shape index (κ2) is 20.0. The van der Waals surface area contributed by atoms with Gasteiger partial charge in [-0.2, -0.15) is 0 Å². The van der Waals surface area contributed by atoms with Crippen LogP contribution in [-0.2, 0) is 23.9 Å². The minimum Gasteiger partial charge on any atom is -0.481 e. The number of aliphatic hydroxyl groups is 3. The number of ketones is 2. The summed E-state index contributed by atoms with van der Waals surface area (Å²) in [5, 5.41) is 41.2. The van der Waals surface area contributed by atoms with Crippen LogP contribution < -0.4 is 0 Å². The number of hydrogen-bond acceptors (Lipinski definition) is 8. The molecule has 2 heterocycles. The van der Waals surface area contributed by atoms with Gasteiger partial charge in [0.2, 0.25) is 0 Å². The fourth-order valence-corrected chi connectivity index (χ4v) is 8.13. The van der Waals surface area contributed by atoms with Gasteiger partial charge in [-0.05, 0) is 103 Å². The van der Waals surface area contributed by atoms with Crippen LogP contribution in [0.3, 0.4) is 0 Å². The van der Waals surface area contributed by atoms with Gasteiger partial charge in [0, 0.05) is 30.1 Å². The molecule has 9 heteroatoms. The molecule has 0 spiro atoms. The van der Waals surface area contributed by atoms with Gasteiger partial charge < -0.3 is 29.9 Å². The van der Waals surface area contributed by atoms with E-state index >= 15 is 0 Å². The predicted octanol–water partition coefficient (Wildman–Crippen LogP) is 7.32. The average molecular weight is 709 g/mol. The maximum atomic E-state index is 12.9. The third-order valence-corrected chi connectivity index (χ3v) is 12.1. The molecule has 0 saturated carbocycles. The van der Waals surface area contributed by atoms with Crippen LogP contribution in [0.2, 0.25) is 0 Å². The van der Waals surface area contributed by atoms with E-state index in [9.17, 15) is 29.7 Å². The molecule has 0 radical (unpaired) electrons. The fourth-order valence-electron chi connectivity index (χ4n) is 8.13. The van der Waals surface area contributed by atoms with Crippen molar-refractivity contribution in [2.45, 2.75) is 188 Å². The number of carboxylic acids is 1. The number of carbonyl (C=O) groups is 3. The Morgan fingerprint density at radius 3 is 1.96 bits per heavy atom. The Hall–Kier alpha value is -1.65. The highest BCUT2D eigenvalue weighted by Crippen LogP contribution is 2.45. The predicted molar refractivity (Wildman–Crippen MR) is 197 cm³/mol. The van der Waals surface area contributed by atoms with Gasteiger partial charge in [0.25, 0.3) is 0 Å². The standard InChI is InChI=1S/C41H72O9/c1-25(21-29(5)34(43)24-35(44)30(6)22-27(3)20-26(2)14-15-38(46)47)12-11-13-28(4)39(48)31(7)36(45)23-33-16-18-41(10,49-33)37-17-19-40(9,50-37)32(8)42/h11,13,25-33,36-37,39,42,45,48H,12,14-24H2,1-10H3,(H,46,47)/b13-11-. The van der Waals surface area contributed by atoms with E-state index < -0.39 is 35.5 Å². The van der Waals surface area contributed by atoms with E-state index in [0.29, 0.717) is 25.7 Å². The smallest absolute Gasteiger partial charge is 0.303 e. The Labute approximate surface area is 303 Å². The first-order chi connectivity index (χ1) is 23.2. The Kier molecular flexibility index (Phi) is 17.8. The first kappa shape index (κ1) is 44.5. The molecule has 2 rings (SSSR count). The molecule has 2 saturated heterocycles. The zero-order chi connectivity index (χ0) is 38.0. The van der Waals surface area contributed by atoms with Gasteiger partial charge in [0.1, 0.15) is 11.6 Å². The first-order valence-corrected chi connectivity index (χ1v) is 19.5. The lowest BCUT2D eigenvalue weighted by Gasteiger charge is -2.35. The van der Waals surface area contributed by atoms with E-state index in [4.69, 9.17) is 14.6 Å². The molecule has 0 bridgehead atoms. The molecule has 14 atom stereocenters. The summed E-state index contributed by atoms with van der Waals surface area (Å²) in [5.41, 5.74) is -1.01. The van der Waals surface area contributed by atoms with Crippen LogP contribution in [0.25, 0.3) is 0 Å². The minimum atomic E-state index is -0.783. The molecule has 2 fully saturated rings. The van der Waals surface area contributed by atoms with Crippen molar-refractivity contribution in [2.24, 2.45) is 41.4 Å². The van der Waals surface area contributed by atoms with Crippen LogP contribution in [-0.4, -0.2) is 79.7 Å². The monoisotopic (exact) mass is 709 g/mol. The summed E-state index contributed by atoms with van der Waals surface area (Å²) in [6.45, 7) is 19.6. The second-order valence-electron chi connectivity index (χ2n) is 17.3. The molecule has 0 aliphatic carbocycles. The lowest BCUT2D eigenvalue weighted by Crippen LogP contribution is -2.44. The van der Waals surface area contributed by atoms with Crippen molar-refractivity contribution in [3.8, 4) is 0 Å². The van der Waals surface area contributed by atoms with Gasteiger partial charge >= 0.3 is 5.97 Å². The van der Waals surface area contributed by atoms with Gasteiger partial charge in [-0.25, -0.2) is 0 Å². The van der Waals surface area contributed by atoms with Gasteiger partial charge in [-0.15, -0.1) is 0 Å². The first-order valence-electron chi connectivity index (χ1n) is 19.5. The third-order valence-electron chi connectivity index (χ3n) is 12.1. The molecular weight excluding hydrogens is 636 g/mol. The normalized spacial score (nSPS) is 30.3. The summed E-state index contributed by atoms with van der Waals surface area (Å²) < 4.78 is 12.7. The van der Waals surface area contributed by atoms with E-state index in [-0.39, 0.29) is 78.0 Å². The highest BCUT2D eigenvalue weighted by molar-refractivity contribution is 6.00. The summed E-state index contributed by atoms with van der Waals surface area (Å²) in [6, 6.07) is 0. The Morgan fingerprint density at radius 2 is 1.40 bits per heavy atom. The van der Waals surface area contributed by atoms with Gasteiger partial charge in [-0.1, -0.05) is 60.6 Å². The number of rotatable bonds is 23. The lowest BCUT2D eigenvalue weighted by atomic mass is 9.83. The summed E-state index contributed by atoms with van der Waals surface area (Å²) >= 11 is 0. The molecule has 50 heavy (non-hydrogen) atoms. The maximum Gasteiger partial charge on any atom is 0.303 e. The van der Waals surface area contributed by atoms with Crippen molar-refractivity contribution in [3.63, 3.8) is 0 Å². The van der Waals surface area contributed by atoms with E-state index in [1.807, 2.05) is 47.6 Å². The average Bonchev–Trinajstić information content (AvgIpc) is 3.63. The van der Waals surface area contributed by atoms with Crippen LogP contribution in [0.5, 0.6) is 0 Å². The highest BCUT2D eigenvalue weighted by Gasteiger charge is 2.51. The summed E-state index contributed by atoms with van der Waals surface area (Å²) in [4.78, 5) is 36.6. The van der Waals surface area contributed by atoms with E-state index in [0.717, 1.165) is 38.5 Å². The second-order valence-corrected chi connectivity index (χ2v) is 17.3. The third kappa shape index (κ3) is 13.7. The highest BCUT2D eigenvalue weighted by atomic mass is 16.6. The van der Waals surface area contributed by atoms with Crippen molar-refractivity contribution in [1.82, 2.24) is 0 Å². The molecule has 9 nitrogen and oxygen atoms in total. The molecule has 2 aliphatic rings. The molecule has 0 aromatic rings. The van der Waals surface area contributed by atoms with Crippen LogP contribution >= 0.6 is 0 Å². The number of aliphatic hydroxyl groups excluding tert-OH is 3. The van der Waals surface area contributed by atoms with Crippen molar-refractivity contribution in [1.29, 1.82) is 0 Å². The van der Waals surface area contributed by atoms with Crippen LogP contribution in [0.15, 0.2) is 12.2 Å². The molecular formula is C41H72O9. The van der Waals surface area contributed by atoms with Crippen molar-refractivity contribution >= 4 is 17.5 Å². The van der Waals surface area contributed by atoms with Crippen LogP contribution in [0.4, 0.5) is 0 Å². The van der Waals surface area contributed by atoms with E-state index in [2.05, 4.69) is 26.8 Å². The number of carboxylic acid groups (broad SMARTS) is 1. The molecule has 0 amide bonds. The summed E-state index contributed by atoms with van der Waals surface area (Å²) in [7, 11) is 0. The number of carbonyl (C=O) groups excluding carboxylic acids is 2. The Balaban J connectivity index is 1.73. The minimum absolute atomic E-state index is 0.0184.